The normalized spacial score (nSPS) is 25.3. The molecule has 1 N–H and O–H groups in total. The van der Waals surface area contributed by atoms with E-state index in [9.17, 15) is 0 Å². The Morgan fingerprint density at radius 3 is 2.92 bits per heavy atom. The van der Waals surface area contributed by atoms with E-state index >= 15 is 0 Å². The van der Waals surface area contributed by atoms with Crippen LogP contribution in [0.1, 0.15) is 48.6 Å². The zero-order valence-corrected chi connectivity index (χ0v) is 14.4. The molecule has 2 aromatic carbocycles. The van der Waals surface area contributed by atoms with Crippen LogP contribution < -0.4 is 10.1 Å². The lowest BCUT2D eigenvalue weighted by molar-refractivity contribution is -0.0383. The van der Waals surface area contributed by atoms with Crippen LogP contribution in [0.25, 0.3) is 0 Å². The third-order valence-corrected chi connectivity index (χ3v) is 5.17. The van der Waals surface area contributed by atoms with Gasteiger partial charge in [0.25, 0.3) is 0 Å². The van der Waals surface area contributed by atoms with Gasteiger partial charge < -0.3 is 14.8 Å². The Hall–Kier alpha value is -2.00. The summed E-state index contributed by atoms with van der Waals surface area (Å²) in [6, 6.07) is 15.3. The highest BCUT2D eigenvalue weighted by atomic mass is 16.5. The quantitative estimate of drug-likeness (QED) is 0.859. The van der Waals surface area contributed by atoms with Crippen molar-refractivity contribution < 1.29 is 9.47 Å². The highest BCUT2D eigenvalue weighted by Gasteiger charge is 2.40. The van der Waals surface area contributed by atoms with E-state index in [1.54, 1.807) is 0 Å². The van der Waals surface area contributed by atoms with E-state index in [1.165, 1.54) is 28.8 Å². The number of anilines is 1. The van der Waals surface area contributed by atoms with Gasteiger partial charge in [-0.05, 0) is 38.8 Å². The standard InChI is InChI=1S/C21H25NO2/c1-3-23-19-9-5-4-7-15(19)20-16-8-6-12-24-21(16)17-13-14(2)10-11-18(17)22-20/h4-5,7,9-11,13,16,20-22H,3,6,8,12H2,1-2H3. The highest BCUT2D eigenvalue weighted by molar-refractivity contribution is 5.59. The largest absolute Gasteiger partial charge is 0.494 e. The monoisotopic (exact) mass is 323 g/mol. The molecule has 126 valence electrons. The first-order valence-corrected chi connectivity index (χ1v) is 8.98. The van der Waals surface area contributed by atoms with Gasteiger partial charge in [0.2, 0.25) is 0 Å². The Morgan fingerprint density at radius 1 is 1.17 bits per heavy atom. The summed E-state index contributed by atoms with van der Waals surface area (Å²) in [5, 5.41) is 3.78. The summed E-state index contributed by atoms with van der Waals surface area (Å²) >= 11 is 0. The first-order chi connectivity index (χ1) is 11.8. The molecule has 0 spiro atoms. The van der Waals surface area contributed by atoms with Crippen LogP contribution in [0.5, 0.6) is 5.75 Å². The van der Waals surface area contributed by atoms with Crippen molar-refractivity contribution in [3.8, 4) is 5.75 Å². The molecule has 0 radical (unpaired) electrons. The van der Waals surface area contributed by atoms with Gasteiger partial charge in [-0.2, -0.15) is 0 Å². The summed E-state index contributed by atoms with van der Waals surface area (Å²) in [4.78, 5) is 0. The number of nitrogens with one attached hydrogen (secondary N) is 1. The molecule has 3 unspecified atom stereocenters. The molecule has 0 saturated carbocycles. The predicted octanol–water partition coefficient (Wildman–Crippen LogP) is 5.03. The number of ether oxygens (including phenoxy) is 2. The van der Waals surface area contributed by atoms with Crippen LogP contribution in [-0.2, 0) is 4.74 Å². The molecule has 2 aliphatic rings. The summed E-state index contributed by atoms with van der Waals surface area (Å²) in [5.74, 6) is 1.42. The van der Waals surface area contributed by atoms with Crippen LogP contribution in [0.4, 0.5) is 5.69 Å². The Balaban J connectivity index is 1.78. The minimum Gasteiger partial charge on any atom is -0.494 e. The van der Waals surface area contributed by atoms with Gasteiger partial charge in [-0.25, -0.2) is 0 Å². The SMILES string of the molecule is CCOc1ccccc1C1Nc2ccc(C)cc2C2OCCCC12. The molecule has 0 bridgehead atoms. The van der Waals surface area contributed by atoms with Crippen LogP contribution in [0, 0.1) is 12.8 Å². The second-order valence-electron chi connectivity index (χ2n) is 6.78. The number of aryl methyl sites for hydroxylation is 1. The van der Waals surface area contributed by atoms with Gasteiger partial charge >= 0.3 is 0 Å². The maximum atomic E-state index is 6.23. The topological polar surface area (TPSA) is 30.5 Å². The highest BCUT2D eigenvalue weighted by Crippen LogP contribution is 2.50. The van der Waals surface area contributed by atoms with Crippen molar-refractivity contribution in [2.45, 2.75) is 38.8 Å². The molecule has 1 fully saturated rings. The minimum absolute atomic E-state index is 0.176. The van der Waals surface area contributed by atoms with E-state index < -0.39 is 0 Å². The van der Waals surface area contributed by atoms with Crippen LogP contribution in [0.15, 0.2) is 42.5 Å². The molecule has 0 aliphatic carbocycles. The Labute approximate surface area is 144 Å². The van der Waals surface area contributed by atoms with Crippen molar-refractivity contribution in [3.63, 3.8) is 0 Å². The molecule has 2 aliphatic heterocycles. The Bertz CT molecular complexity index is 728. The minimum atomic E-state index is 0.176. The molecule has 0 amide bonds. The van der Waals surface area contributed by atoms with Gasteiger partial charge in [0.15, 0.2) is 0 Å². The summed E-state index contributed by atoms with van der Waals surface area (Å²) in [5.41, 5.74) is 5.03. The smallest absolute Gasteiger partial charge is 0.124 e. The lowest BCUT2D eigenvalue weighted by Crippen LogP contribution is -2.36. The molecule has 4 rings (SSSR count). The van der Waals surface area contributed by atoms with Crippen molar-refractivity contribution >= 4 is 5.69 Å². The Morgan fingerprint density at radius 2 is 2.04 bits per heavy atom. The lowest BCUT2D eigenvalue weighted by atomic mass is 9.77. The second-order valence-corrected chi connectivity index (χ2v) is 6.78. The van der Waals surface area contributed by atoms with Crippen LogP contribution >= 0.6 is 0 Å². The molecule has 1 saturated heterocycles. The van der Waals surface area contributed by atoms with Crippen molar-refractivity contribution in [2.24, 2.45) is 5.92 Å². The fraction of sp³-hybridized carbons (Fsp3) is 0.429. The third-order valence-electron chi connectivity index (χ3n) is 5.17. The third kappa shape index (κ3) is 2.67. The van der Waals surface area contributed by atoms with Gasteiger partial charge in [-0.1, -0.05) is 35.9 Å². The molecule has 2 heterocycles. The number of hydrogen-bond donors (Lipinski definition) is 1. The van der Waals surface area contributed by atoms with E-state index in [4.69, 9.17) is 9.47 Å². The molecule has 24 heavy (non-hydrogen) atoms. The molecule has 3 atom stereocenters. The summed E-state index contributed by atoms with van der Waals surface area (Å²) in [6.07, 6.45) is 2.47. The van der Waals surface area contributed by atoms with Crippen molar-refractivity contribution in [1.82, 2.24) is 0 Å². The molecular formula is C21H25NO2. The van der Waals surface area contributed by atoms with E-state index in [2.05, 4.69) is 48.6 Å². The van der Waals surface area contributed by atoms with Crippen LogP contribution in [-0.4, -0.2) is 13.2 Å². The van der Waals surface area contributed by atoms with E-state index in [0.29, 0.717) is 12.5 Å². The van der Waals surface area contributed by atoms with Gasteiger partial charge in [0.1, 0.15) is 5.75 Å². The molecule has 2 aromatic rings. The zero-order valence-electron chi connectivity index (χ0n) is 14.4. The number of rotatable bonds is 3. The zero-order chi connectivity index (χ0) is 16.5. The first-order valence-electron chi connectivity index (χ1n) is 8.98. The fourth-order valence-electron chi connectivity index (χ4n) is 4.12. The molecule has 3 nitrogen and oxygen atoms in total. The number of hydrogen-bond acceptors (Lipinski definition) is 3. The Kier molecular flexibility index (Phi) is 4.19. The van der Waals surface area contributed by atoms with Crippen LogP contribution in [0.3, 0.4) is 0 Å². The van der Waals surface area contributed by atoms with Gasteiger partial charge in [-0.15, -0.1) is 0 Å². The number of para-hydroxylation sites is 1. The van der Waals surface area contributed by atoms with E-state index in [1.807, 2.05) is 13.0 Å². The van der Waals surface area contributed by atoms with Crippen molar-refractivity contribution in [2.75, 3.05) is 18.5 Å². The number of fused-ring (bicyclic) bond motifs is 3. The molecule has 3 heteroatoms. The van der Waals surface area contributed by atoms with Crippen molar-refractivity contribution in [1.29, 1.82) is 0 Å². The number of benzene rings is 2. The summed E-state index contributed by atoms with van der Waals surface area (Å²) in [7, 11) is 0. The van der Waals surface area contributed by atoms with E-state index in [0.717, 1.165) is 18.8 Å². The summed E-state index contributed by atoms with van der Waals surface area (Å²) < 4.78 is 12.1. The average molecular weight is 323 g/mol. The first kappa shape index (κ1) is 15.5. The maximum Gasteiger partial charge on any atom is 0.124 e. The summed E-state index contributed by atoms with van der Waals surface area (Å²) in [6.45, 7) is 5.72. The van der Waals surface area contributed by atoms with Gasteiger partial charge in [0.05, 0.1) is 18.8 Å². The molecule has 0 aromatic heterocycles. The maximum absolute atomic E-state index is 6.23. The predicted molar refractivity (Wildman–Crippen MR) is 96.6 cm³/mol. The van der Waals surface area contributed by atoms with Gasteiger partial charge in [-0.3, -0.25) is 0 Å². The fourth-order valence-corrected chi connectivity index (χ4v) is 4.12. The second kappa shape index (κ2) is 6.48. The van der Waals surface area contributed by atoms with Gasteiger partial charge in [0, 0.05) is 29.3 Å². The van der Waals surface area contributed by atoms with Crippen molar-refractivity contribution in [3.05, 3.63) is 59.2 Å². The molecular weight excluding hydrogens is 298 g/mol. The van der Waals surface area contributed by atoms with Crippen LogP contribution in [0.2, 0.25) is 0 Å². The lowest BCUT2D eigenvalue weighted by Gasteiger charge is -2.43. The van der Waals surface area contributed by atoms with E-state index in [-0.39, 0.29) is 12.1 Å². The average Bonchev–Trinajstić information content (AvgIpc) is 2.62.